The molecule has 2 aromatic carbocycles. The molecule has 0 saturated carbocycles. The smallest absolute Gasteiger partial charge is 0.228 e. The number of anilines is 1. The number of hydrogen-bond acceptors (Lipinski definition) is 3. The second-order valence-corrected chi connectivity index (χ2v) is 6.56. The highest BCUT2D eigenvalue weighted by atomic mass is 35.5. The summed E-state index contributed by atoms with van der Waals surface area (Å²) < 4.78 is 11.2. The fraction of sp³-hybridized carbons (Fsp3) is 0.235. The molecule has 0 unspecified atom stereocenters. The van der Waals surface area contributed by atoms with Gasteiger partial charge in [0.1, 0.15) is 0 Å². The van der Waals surface area contributed by atoms with Crippen molar-refractivity contribution in [1.29, 1.82) is 0 Å². The molecule has 0 bridgehead atoms. The first-order valence-electron chi connectivity index (χ1n) is 7.36. The van der Waals surface area contributed by atoms with E-state index in [9.17, 15) is 4.79 Å². The van der Waals surface area contributed by atoms with Crippen molar-refractivity contribution >= 4 is 46.4 Å². The summed E-state index contributed by atoms with van der Waals surface area (Å²) in [7, 11) is 0. The van der Waals surface area contributed by atoms with E-state index in [0.717, 1.165) is 12.0 Å². The van der Waals surface area contributed by atoms with Crippen molar-refractivity contribution in [2.75, 3.05) is 18.5 Å². The molecule has 3 rings (SSSR count). The Labute approximate surface area is 154 Å². The molecule has 24 heavy (non-hydrogen) atoms. The van der Waals surface area contributed by atoms with Crippen molar-refractivity contribution < 1.29 is 14.3 Å². The second-order valence-electron chi connectivity index (χ2n) is 5.30. The lowest BCUT2D eigenvalue weighted by atomic mass is 10.1. The van der Waals surface area contributed by atoms with Crippen LogP contribution < -0.4 is 14.8 Å². The largest absolute Gasteiger partial charge is 0.489 e. The van der Waals surface area contributed by atoms with E-state index in [-0.39, 0.29) is 12.3 Å². The molecular weight excluding hydrogens is 373 g/mol. The van der Waals surface area contributed by atoms with Gasteiger partial charge in [0.05, 0.1) is 35.4 Å². The standard InChI is InChI=1S/C17H14Cl3NO3/c18-11-2-3-12(19)14(9-11)21-16(22)8-10-6-13(20)17-15(7-10)23-4-1-5-24-17/h2-3,6-7,9H,1,4-5,8H2,(H,21,22). The maximum atomic E-state index is 12.3. The number of nitrogens with one attached hydrogen (secondary N) is 1. The maximum absolute atomic E-state index is 12.3. The molecule has 1 aliphatic heterocycles. The first-order valence-corrected chi connectivity index (χ1v) is 8.49. The van der Waals surface area contributed by atoms with Crippen LogP contribution in [0.4, 0.5) is 5.69 Å². The van der Waals surface area contributed by atoms with E-state index in [1.165, 1.54) is 0 Å². The summed E-state index contributed by atoms with van der Waals surface area (Å²) in [5.41, 5.74) is 1.19. The molecule has 0 fully saturated rings. The molecule has 7 heteroatoms. The summed E-state index contributed by atoms with van der Waals surface area (Å²) >= 11 is 18.2. The SMILES string of the molecule is O=C(Cc1cc(Cl)c2c(c1)OCCCO2)Nc1cc(Cl)ccc1Cl. The highest BCUT2D eigenvalue weighted by molar-refractivity contribution is 6.35. The zero-order chi connectivity index (χ0) is 17.1. The molecule has 126 valence electrons. The molecular formula is C17H14Cl3NO3. The van der Waals surface area contributed by atoms with Crippen LogP contribution >= 0.6 is 34.8 Å². The Bertz CT molecular complexity index is 780. The normalized spacial score (nSPS) is 13.3. The van der Waals surface area contributed by atoms with Gasteiger partial charge >= 0.3 is 0 Å². The molecule has 0 aliphatic carbocycles. The first kappa shape index (κ1) is 17.2. The average molecular weight is 387 g/mol. The van der Waals surface area contributed by atoms with E-state index in [4.69, 9.17) is 44.3 Å². The summed E-state index contributed by atoms with van der Waals surface area (Å²) in [5.74, 6) is 0.851. The van der Waals surface area contributed by atoms with Gasteiger partial charge in [-0.3, -0.25) is 4.79 Å². The number of rotatable bonds is 3. The van der Waals surface area contributed by atoms with E-state index in [1.807, 2.05) is 0 Å². The Balaban J connectivity index is 1.76. The number of halogens is 3. The lowest BCUT2D eigenvalue weighted by Gasteiger charge is -2.12. The monoisotopic (exact) mass is 385 g/mol. The zero-order valence-corrected chi connectivity index (χ0v) is 14.8. The molecule has 4 nitrogen and oxygen atoms in total. The van der Waals surface area contributed by atoms with E-state index in [0.29, 0.717) is 45.5 Å². The van der Waals surface area contributed by atoms with Crippen LogP contribution in [0.15, 0.2) is 30.3 Å². The van der Waals surface area contributed by atoms with Crippen LogP contribution in [-0.2, 0) is 11.2 Å². The Morgan fingerprint density at radius 1 is 1.04 bits per heavy atom. The van der Waals surface area contributed by atoms with E-state index >= 15 is 0 Å². The Kier molecular flexibility index (Phi) is 5.39. The zero-order valence-electron chi connectivity index (χ0n) is 12.6. The summed E-state index contributed by atoms with van der Waals surface area (Å²) in [5, 5.41) is 4.08. The summed E-state index contributed by atoms with van der Waals surface area (Å²) in [6, 6.07) is 8.36. The van der Waals surface area contributed by atoms with Gasteiger partial charge in [-0.15, -0.1) is 0 Å². The third-order valence-electron chi connectivity index (χ3n) is 3.43. The Morgan fingerprint density at radius 3 is 2.67 bits per heavy atom. The Hall–Kier alpha value is -1.62. The lowest BCUT2D eigenvalue weighted by Crippen LogP contribution is -2.14. The van der Waals surface area contributed by atoms with Crippen molar-refractivity contribution in [2.24, 2.45) is 0 Å². The molecule has 1 N–H and O–H groups in total. The van der Waals surface area contributed by atoms with Crippen molar-refractivity contribution in [1.82, 2.24) is 0 Å². The van der Waals surface area contributed by atoms with Crippen molar-refractivity contribution in [2.45, 2.75) is 12.8 Å². The van der Waals surface area contributed by atoms with Gasteiger partial charge in [0.25, 0.3) is 0 Å². The second kappa shape index (κ2) is 7.51. The third kappa shape index (κ3) is 4.07. The number of amides is 1. The van der Waals surface area contributed by atoms with Crippen LogP contribution in [0.3, 0.4) is 0 Å². The minimum atomic E-state index is -0.232. The highest BCUT2D eigenvalue weighted by Crippen LogP contribution is 2.38. The van der Waals surface area contributed by atoms with Crippen LogP contribution in [0.2, 0.25) is 15.1 Å². The minimum absolute atomic E-state index is 0.124. The van der Waals surface area contributed by atoms with Gasteiger partial charge in [-0.1, -0.05) is 34.8 Å². The first-order chi connectivity index (χ1) is 11.5. The molecule has 0 spiro atoms. The van der Waals surface area contributed by atoms with Crippen LogP contribution in [0.1, 0.15) is 12.0 Å². The predicted octanol–water partition coefficient (Wildman–Crippen LogP) is 4.99. The van der Waals surface area contributed by atoms with Crippen LogP contribution in [0.5, 0.6) is 11.5 Å². The van der Waals surface area contributed by atoms with Crippen molar-refractivity contribution in [3.63, 3.8) is 0 Å². The maximum Gasteiger partial charge on any atom is 0.228 e. The minimum Gasteiger partial charge on any atom is -0.489 e. The predicted molar refractivity (Wildman–Crippen MR) is 95.9 cm³/mol. The van der Waals surface area contributed by atoms with Crippen LogP contribution in [0, 0.1) is 0 Å². The molecule has 0 aromatic heterocycles. The number of carbonyl (C=O) groups excluding carboxylic acids is 1. The van der Waals surface area contributed by atoms with E-state index in [1.54, 1.807) is 30.3 Å². The van der Waals surface area contributed by atoms with Gasteiger partial charge in [0.15, 0.2) is 11.5 Å². The van der Waals surface area contributed by atoms with Crippen molar-refractivity contribution in [3.05, 3.63) is 51.0 Å². The number of benzene rings is 2. The van der Waals surface area contributed by atoms with Crippen LogP contribution in [0.25, 0.3) is 0 Å². The lowest BCUT2D eigenvalue weighted by molar-refractivity contribution is -0.115. The van der Waals surface area contributed by atoms with Crippen LogP contribution in [-0.4, -0.2) is 19.1 Å². The fourth-order valence-electron chi connectivity index (χ4n) is 2.36. The van der Waals surface area contributed by atoms with Gasteiger partial charge in [-0.25, -0.2) is 0 Å². The topological polar surface area (TPSA) is 47.6 Å². The Morgan fingerprint density at radius 2 is 1.83 bits per heavy atom. The molecule has 1 heterocycles. The number of fused-ring (bicyclic) bond motifs is 1. The number of ether oxygens (including phenoxy) is 2. The summed E-state index contributed by atoms with van der Waals surface area (Å²) in [4.78, 5) is 12.3. The van der Waals surface area contributed by atoms with Crippen molar-refractivity contribution in [3.8, 4) is 11.5 Å². The molecule has 0 atom stereocenters. The quantitative estimate of drug-likeness (QED) is 0.808. The van der Waals surface area contributed by atoms with E-state index in [2.05, 4.69) is 5.32 Å². The fourth-order valence-corrected chi connectivity index (χ4v) is 2.98. The number of carbonyl (C=O) groups is 1. The van der Waals surface area contributed by atoms with E-state index < -0.39 is 0 Å². The van der Waals surface area contributed by atoms with Gasteiger partial charge in [-0.2, -0.15) is 0 Å². The van der Waals surface area contributed by atoms with Gasteiger partial charge in [-0.05, 0) is 35.9 Å². The molecule has 0 radical (unpaired) electrons. The molecule has 1 amide bonds. The third-order valence-corrected chi connectivity index (χ3v) is 4.27. The van der Waals surface area contributed by atoms with Gasteiger partial charge in [0, 0.05) is 11.4 Å². The molecule has 0 saturated heterocycles. The average Bonchev–Trinajstić information content (AvgIpc) is 2.76. The number of hydrogen-bond donors (Lipinski definition) is 1. The summed E-state index contributed by atoms with van der Waals surface area (Å²) in [6.45, 7) is 1.11. The van der Waals surface area contributed by atoms with Gasteiger partial charge < -0.3 is 14.8 Å². The molecule has 2 aromatic rings. The summed E-state index contributed by atoms with van der Waals surface area (Å²) in [6.07, 6.45) is 0.910. The highest BCUT2D eigenvalue weighted by Gasteiger charge is 2.17. The van der Waals surface area contributed by atoms with Gasteiger partial charge in [0.2, 0.25) is 5.91 Å². The molecule has 1 aliphatic rings.